The van der Waals surface area contributed by atoms with E-state index in [2.05, 4.69) is 0 Å². The van der Waals surface area contributed by atoms with E-state index in [4.69, 9.17) is 0 Å². The highest BCUT2D eigenvalue weighted by molar-refractivity contribution is 5.71. The van der Waals surface area contributed by atoms with E-state index in [9.17, 15) is 30.6 Å². The molecule has 8 aromatic rings. The van der Waals surface area contributed by atoms with Gasteiger partial charge in [0.1, 0.15) is 34.5 Å². The van der Waals surface area contributed by atoms with Crippen LogP contribution in [0.25, 0.3) is 22.3 Å². The molecule has 0 radical (unpaired) electrons. The lowest BCUT2D eigenvalue weighted by atomic mass is 9.86. The Kier molecular flexibility index (Phi) is 9.48. The van der Waals surface area contributed by atoms with Gasteiger partial charge in [-0.05, 0) is 149 Å². The molecule has 0 fully saturated rings. The molecule has 8 aromatic carbocycles. The van der Waals surface area contributed by atoms with Gasteiger partial charge in [0.05, 0.1) is 0 Å². The molecule has 0 saturated carbocycles. The third kappa shape index (κ3) is 7.42. The molecule has 6 nitrogen and oxygen atoms in total. The van der Waals surface area contributed by atoms with Gasteiger partial charge >= 0.3 is 0 Å². The Labute approximate surface area is 354 Å². The second-order valence-corrected chi connectivity index (χ2v) is 16.7. The zero-order valence-corrected chi connectivity index (χ0v) is 33.5. The van der Waals surface area contributed by atoms with Crippen LogP contribution in [0.1, 0.15) is 77.9 Å². The molecule has 0 amide bonds. The first-order valence-electron chi connectivity index (χ1n) is 20.7. The minimum absolute atomic E-state index is 0.0966. The van der Waals surface area contributed by atoms with E-state index in [1.807, 2.05) is 133 Å². The average molecular weight is 801 g/mol. The maximum Gasteiger partial charge on any atom is 0.122 e. The predicted octanol–water partition coefficient (Wildman–Crippen LogP) is 11.0. The molecule has 10 rings (SSSR count). The van der Waals surface area contributed by atoms with Crippen molar-refractivity contribution in [1.29, 1.82) is 0 Å². The number of fused-ring (bicyclic) bond motifs is 12. The smallest absolute Gasteiger partial charge is 0.122 e. The molecule has 0 aromatic heterocycles. The van der Waals surface area contributed by atoms with E-state index in [0.717, 1.165) is 44.5 Å². The Bertz CT molecular complexity index is 2800. The molecule has 0 heterocycles. The lowest BCUT2D eigenvalue weighted by molar-refractivity contribution is 0.450. The molecule has 0 saturated heterocycles. The number of hydrogen-bond donors (Lipinski definition) is 6. The second-order valence-electron chi connectivity index (χ2n) is 16.7. The maximum atomic E-state index is 12.2. The van der Waals surface area contributed by atoms with Gasteiger partial charge in [0.15, 0.2) is 0 Å². The van der Waals surface area contributed by atoms with Crippen molar-refractivity contribution in [1.82, 2.24) is 0 Å². The van der Waals surface area contributed by atoms with Crippen LogP contribution in [0.4, 0.5) is 0 Å². The van der Waals surface area contributed by atoms with Crippen molar-refractivity contribution in [2.45, 2.75) is 44.9 Å². The summed E-state index contributed by atoms with van der Waals surface area (Å²) in [7, 11) is 0. The Morgan fingerprint density at radius 2 is 0.508 bits per heavy atom. The zero-order chi connectivity index (χ0) is 41.8. The van der Waals surface area contributed by atoms with Gasteiger partial charge < -0.3 is 30.6 Å². The summed E-state index contributed by atoms with van der Waals surface area (Å²) in [6.45, 7) is 0. The lowest BCUT2D eigenvalue weighted by Gasteiger charge is -2.21. The van der Waals surface area contributed by atoms with Crippen molar-refractivity contribution < 1.29 is 30.6 Å². The first-order chi connectivity index (χ1) is 29.6. The highest BCUT2D eigenvalue weighted by Gasteiger charge is 2.23. The normalized spacial score (nSPS) is 13.2. The minimum atomic E-state index is 0.0966. The monoisotopic (exact) mass is 800 g/mol. The van der Waals surface area contributed by atoms with Crippen molar-refractivity contribution in [3.05, 3.63) is 223 Å². The Morgan fingerprint density at radius 1 is 0.230 bits per heavy atom. The van der Waals surface area contributed by atoms with Crippen LogP contribution in [0.3, 0.4) is 0 Å². The Morgan fingerprint density at radius 3 is 0.836 bits per heavy atom. The summed E-state index contributed by atoms with van der Waals surface area (Å²) in [6.07, 6.45) is 2.13. The van der Waals surface area contributed by atoms with Gasteiger partial charge in [-0.1, -0.05) is 109 Å². The van der Waals surface area contributed by atoms with Crippen molar-refractivity contribution in [2.24, 2.45) is 0 Å². The van der Waals surface area contributed by atoms with Gasteiger partial charge in [-0.2, -0.15) is 0 Å². The largest absolute Gasteiger partial charge is 0.508 e. The van der Waals surface area contributed by atoms with E-state index < -0.39 is 0 Å². The summed E-state index contributed by atoms with van der Waals surface area (Å²) in [5.74, 6) is 0.673. The fourth-order valence-electron chi connectivity index (χ4n) is 9.34. The lowest BCUT2D eigenvalue weighted by Crippen LogP contribution is -2.04. The number of phenols is 6. The molecular weight excluding hydrogens is 757 g/mol. The molecule has 2 aliphatic rings. The fourth-order valence-corrected chi connectivity index (χ4v) is 9.34. The average Bonchev–Trinajstić information content (AvgIpc) is 3.26. The van der Waals surface area contributed by atoms with E-state index in [1.54, 1.807) is 12.1 Å². The third-order valence-electron chi connectivity index (χ3n) is 12.4. The molecule has 0 spiro atoms. The Balaban J connectivity index is 1.24. The van der Waals surface area contributed by atoms with E-state index in [0.29, 0.717) is 74.9 Å². The standard InChI is InChI=1S/C55H44O6/c56-50-13-11-32-15-34-19-42-28-43-20-35(16-33-12-14-51(57)41(18-33)27-40(50)17-32)22-45(53(43)59)30-47-24-39(37-9-5-2-6-10-37)26-49(55(47)61)31-48-25-38(36-7-3-1-4-8-36)23-46(54(48)60)29-44(21-34)52(42)58/h1-14,17-26,56-61H,15-16,27-31H2. The molecule has 6 N–H and O–H groups in total. The van der Waals surface area contributed by atoms with Crippen LogP contribution < -0.4 is 0 Å². The molecule has 0 aliphatic heterocycles. The van der Waals surface area contributed by atoms with Gasteiger partial charge in [-0.3, -0.25) is 0 Å². The van der Waals surface area contributed by atoms with Crippen LogP contribution in [-0.4, -0.2) is 30.6 Å². The van der Waals surface area contributed by atoms with Crippen LogP contribution in [0.5, 0.6) is 34.5 Å². The van der Waals surface area contributed by atoms with Crippen LogP contribution in [0.15, 0.2) is 146 Å². The van der Waals surface area contributed by atoms with Crippen LogP contribution in [0, 0.1) is 0 Å². The van der Waals surface area contributed by atoms with Gasteiger partial charge in [0.2, 0.25) is 0 Å². The highest BCUT2D eigenvalue weighted by Crippen LogP contribution is 2.42. The SMILES string of the molecule is Oc1ccc2cc1Cc1cc(ccc1O)Cc1cc3c(O)c(c1)Cc1cc(-c4ccccc4)cc(c1O)Cc1cc(-c4ccccc4)cc(c1O)Cc1cc(cc(c1O)C3)C2. The van der Waals surface area contributed by atoms with Crippen LogP contribution in [-0.2, 0) is 44.9 Å². The molecule has 2 aliphatic carbocycles. The topological polar surface area (TPSA) is 121 Å². The number of aromatic hydroxyl groups is 6. The van der Waals surface area contributed by atoms with E-state index >= 15 is 0 Å². The maximum absolute atomic E-state index is 12.2. The van der Waals surface area contributed by atoms with Crippen molar-refractivity contribution in [3.63, 3.8) is 0 Å². The summed E-state index contributed by atoms with van der Waals surface area (Å²) in [6, 6.07) is 46.9. The van der Waals surface area contributed by atoms with Crippen molar-refractivity contribution in [2.75, 3.05) is 0 Å². The van der Waals surface area contributed by atoms with Gasteiger partial charge in [-0.15, -0.1) is 0 Å². The molecule has 6 heteroatoms. The van der Waals surface area contributed by atoms with E-state index in [-0.39, 0.29) is 60.2 Å². The van der Waals surface area contributed by atoms with Crippen LogP contribution >= 0.6 is 0 Å². The second kappa shape index (κ2) is 15.3. The number of benzene rings is 8. The number of phenolic OH excluding ortho intramolecular Hbond substituents is 6. The summed E-state index contributed by atoms with van der Waals surface area (Å²) in [5.41, 5.74) is 13.9. The van der Waals surface area contributed by atoms with Crippen molar-refractivity contribution in [3.8, 4) is 56.8 Å². The number of rotatable bonds is 2. The van der Waals surface area contributed by atoms with E-state index in [1.165, 1.54) is 0 Å². The molecule has 14 bridgehead atoms. The van der Waals surface area contributed by atoms with Gasteiger partial charge in [0, 0.05) is 32.1 Å². The summed E-state index contributed by atoms with van der Waals surface area (Å²) in [5, 5.41) is 70.9. The third-order valence-corrected chi connectivity index (χ3v) is 12.4. The summed E-state index contributed by atoms with van der Waals surface area (Å²) >= 11 is 0. The Hall–Kier alpha value is -7.44. The predicted molar refractivity (Wildman–Crippen MR) is 239 cm³/mol. The van der Waals surface area contributed by atoms with Gasteiger partial charge in [0.25, 0.3) is 0 Å². The molecule has 0 atom stereocenters. The molecule has 0 unspecified atom stereocenters. The summed E-state index contributed by atoms with van der Waals surface area (Å²) in [4.78, 5) is 0. The molecule has 300 valence electrons. The molecular formula is C55H44O6. The highest BCUT2D eigenvalue weighted by atomic mass is 16.3. The fraction of sp³-hybridized carbons (Fsp3) is 0.127. The zero-order valence-electron chi connectivity index (χ0n) is 33.5. The van der Waals surface area contributed by atoms with Gasteiger partial charge in [-0.25, -0.2) is 0 Å². The quantitative estimate of drug-likeness (QED) is 0.104. The number of hydrogen-bond acceptors (Lipinski definition) is 6. The van der Waals surface area contributed by atoms with Crippen molar-refractivity contribution >= 4 is 0 Å². The van der Waals surface area contributed by atoms with Crippen LogP contribution in [0.2, 0.25) is 0 Å². The minimum Gasteiger partial charge on any atom is -0.508 e. The summed E-state index contributed by atoms with van der Waals surface area (Å²) < 4.78 is 0. The molecule has 61 heavy (non-hydrogen) atoms. The first-order valence-corrected chi connectivity index (χ1v) is 20.7. The first kappa shape index (κ1) is 37.8.